The topological polar surface area (TPSA) is 127 Å². The lowest BCUT2D eigenvalue weighted by molar-refractivity contribution is -0.172. The molecule has 4 rings (SSSR count). The van der Waals surface area contributed by atoms with Gasteiger partial charge in [-0.3, -0.25) is 4.79 Å². The average Bonchev–Trinajstić information content (AvgIpc) is 3.14. The van der Waals surface area contributed by atoms with Crippen LogP contribution in [0, 0.1) is 46.3 Å². The molecule has 0 aromatic heterocycles. The molecule has 12 atom stereocenters. The van der Waals surface area contributed by atoms with Crippen molar-refractivity contribution in [3.05, 3.63) is 0 Å². The molecule has 0 bridgehead atoms. The van der Waals surface area contributed by atoms with E-state index in [1.807, 2.05) is 0 Å². The molecular formula is C28H47NO6. The molecule has 0 heterocycles. The first kappa shape index (κ1) is 26.9. The molecule has 0 saturated heterocycles. The van der Waals surface area contributed by atoms with Gasteiger partial charge in [0.25, 0.3) is 0 Å². The van der Waals surface area contributed by atoms with Crippen LogP contribution in [0.25, 0.3) is 0 Å². The normalized spacial score (nSPS) is 45.4. The first-order valence-corrected chi connectivity index (χ1v) is 13.9. The molecule has 0 aliphatic heterocycles. The second-order valence-corrected chi connectivity index (χ2v) is 13.1. The molecule has 0 aromatic rings. The standard InChI is InChI=1S/C28H47NO6/c1-15(5-8-24(33)29-25(16(2)30)26(34)35)19-6-7-20-18-14-23(32)22-13-17(31)9-11-28(22,4)21(18)10-12-27(19,20)3/h15-23,25,30-32H,5-14H2,1-4H3,(H,29,33)(H,34,35)/t15-,16?,17-,18+,19-,20+,21+,22+,23+,25+,27-,28-/m1/s1. The van der Waals surface area contributed by atoms with E-state index in [9.17, 15) is 30.0 Å². The largest absolute Gasteiger partial charge is 0.480 e. The zero-order chi connectivity index (χ0) is 25.7. The van der Waals surface area contributed by atoms with Gasteiger partial charge in [-0.2, -0.15) is 0 Å². The first-order chi connectivity index (χ1) is 16.4. The number of aliphatic hydroxyl groups excluding tert-OH is 3. The summed E-state index contributed by atoms with van der Waals surface area (Å²) in [5, 5.41) is 42.8. The average molecular weight is 494 g/mol. The SMILES string of the molecule is CC(O)[C@H](NC(=O)CC[C@@H](C)[C@H]1CC[C@H]2[C@@H]3C[C@H](O)[C@@H]4C[C@H](O)CC[C@]4(C)[C@H]3CC[C@]12C)C(=O)O. The molecule has 0 spiro atoms. The molecular weight excluding hydrogens is 446 g/mol. The van der Waals surface area contributed by atoms with Crippen molar-refractivity contribution in [2.75, 3.05) is 0 Å². The van der Waals surface area contributed by atoms with Crippen LogP contribution in [0.5, 0.6) is 0 Å². The highest BCUT2D eigenvalue weighted by molar-refractivity contribution is 5.83. The maximum absolute atomic E-state index is 12.4. The Labute approximate surface area is 210 Å². The van der Waals surface area contributed by atoms with Crippen LogP contribution >= 0.6 is 0 Å². The number of amides is 1. The molecule has 200 valence electrons. The van der Waals surface area contributed by atoms with Crippen molar-refractivity contribution < 1.29 is 30.0 Å². The molecule has 5 N–H and O–H groups in total. The highest BCUT2D eigenvalue weighted by Gasteiger charge is 2.62. The second-order valence-electron chi connectivity index (χ2n) is 13.1. The molecule has 1 amide bonds. The number of aliphatic carboxylic acids is 1. The fourth-order valence-corrected chi connectivity index (χ4v) is 9.45. The van der Waals surface area contributed by atoms with Gasteiger partial charge in [0.1, 0.15) is 0 Å². The predicted octanol–water partition coefficient (Wildman–Crippen LogP) is 3.34. The third kappa shape index (κ3) is 4.77. The molecule has 7 nitrogen and oxygen atoms in total. The van der Waals surface area contributed by atoms with E-state index >= 15 is 0 Å². The summed E-state index contributed by atoms with van der Waals surface area (Å²) in [6.07, 6.45) is 7.40. The van der Waals surface area contributed by atoms with Crippen molar-refractivity contribution in [1.29, 1.82) is 0 Å². The Morgan fingerprint density at radius 3 is 2.26 bits per heavy atom. The number of rotatable bonds is 7. The van der Waals surface area contributed by atoms with E-state index in [0.717, 1.165) is 32.1 Å². The van der Waals surface area contributed by atoms with Gasteiger partial charge in [0, 0.05) is 6.42 Å². The smallest absolute Gasteiger partial charge is 0.328 e. The molecule has 4 fully saturated rings. The van der Waals surface area contributed by atoms with Crippen LogP contribution in [0.1, 0.15) is 91.9 Å². The lowest BCUT2D eigenvalue weighted by Gasteiger charge is -2.62. The van der Waals surface area contributed by atoms with E-state index in [2.05, 4.69) is 26.1 Å². The van der Waals surface area contributed by atoms with E-state index in [1.54, 1.807) is 0 Å². The van der Waals surface area contributed by atoms with Gasteiger partial charge in [-0.15, -0.1) is 0 Å². The van der Waals surface area contributed by atoms with E-state index in [-0.39, 0.29) is 41.3 Å². The number of carboxylic acids is 1. The molecule has 4 aliphatic rings. The Hall–Kier alpha value is -1.18. The number of fused-ring (bicyclic) bond motifs is 5. The fraction of sp³-hybridized carbons (Fsp3) is 0.929. The predicted molar refractivity (Wildman–Crippen MR) is 132 cm³/mol. The summed E-state index contributed by atoms with van der Waals surface area (Å²) in [5.41, 5.74) is 0.326. The van der Waals surface area contributed by atoms with Crippen LogP contribution in [-0.2, 0) is 9.59 Å². The van der Waals surface area contributed by atoms with Crippen LogP contribution in [-0.4, -0.2) is 56.7 Å². The molecule has 1 unspecified atom stereocenters. The van der Waals surface area contributed by atoms with Crippen molar-refractivity contribution in [2.24, 2.45) is 46.3 Å². The van der Waals surface area contributed by atoms with Gasteiger partial charge in [0.2, 0.25) is 5.91 Å². The van der Waals surface area contributed by atoms with Crippen LogP contribution in [0.15, 0.2) is 0 Å². The molecule has 0 aromatic carbocycles. The Morgan fingerprint density at radius 2 is 1.60 bits per heavy atom. The highest BCUT2D eigenvalue weighted by Crippen LogP contribution is 2.68. The number of hydrogen-bond donors (Lipinski definition) is 5. The fourth-order valence-electron chi connectivity index (χ4n) is 9.45. The van der Waals surface area contributed by atoms with Crippen molar-refractivity contribution >= 4 is 11.9 Å². The number of nitrogens with one attached hydrogen (secondary N) is 1. The zero-order valence-corrected chi connectivity index (χ0v) is 21.9. The van der Waals surface area contributed by atoms with E-state index in [1.165, 1.54) is 26.2 Å². The number of carboxylic acid groups (broad SMARTS) is 1. The van der Waals surface area contributed by atoms with E-state index in [0.29, 0.717) is 36.0 Å². The minimum Gasteiger partial charge on any atom is -0.480 e. The van der Waals surface area contributed by atoms with E-state index < -0.39 is 18.1 Å². The number of aliphatic hydroxyl groups is 3. The summed E-state index contributed by atoms with van der Waals surface area (Å²) >= 11 is 0. The summed E-state index contributed by atoms with van der Waals surface area (Å²) in [4.78, 5) is 23.7. The number of carbonyl (C=O) groups excluding carboxylic acids is 1. The molecule has 7 heteroatoms. The lowest BCUT2D eigenvalue weighted by atomic mass is 9.44. The van der Waals surface area contributed by atoms with Gasteiger partial charge >= 0.3 is 5.97 Å². The Morgan fingerprint density at radius 1 is 0.943 bits per heavy atom. The van der Waals surface area contributed by atoms with Gasteiger partial charge in [-0.05, 0) is 111 Å². The van der Waals surface area contributed by atoms with Crippen LogP contribution in [0.3, 0.4) is 0 Å². The molecule has 4 aliphatic carbocycles. The summed E-state index contributed by atoms with van der Waals surface area (Å²) in [6, 6.07) is -1.27. The van der Waals surface area contributed by atoms with Crippen molar-refractivity contribution in [3.8, 4) is 0 Å². The van der Waals surface area contributed by atoms with Crippen molar-refractivity contribution in [3.63, 3.8) is 0 Å². The molecule has 0 radical (unpaired) electrons. The van der Waals surface area contributed by atoms with Crippen molar-refractivity contribution in [1.82, 2.24) is 5.32 Å². The van der Waals surface area contributed by atoms with Gasteiger partial charge in [-0.1, -0.05) is 20.8 Å². The monoisotopic (exact) mass is 493 g/mol. The highest BCUT2D eigenvalue weighted by atomic mass is 16.4. The van der Waals surface area contributed by atoms with Gasteiger partial charge < -0.3 is 25.7 Å². The molecule has 4 saturated carbocycles. The van der Waals surface area contributed by atoms with Gasteiger partial charge in [0.05, 0.1) is 18.3 Å². The minimum absolute atomic E-state index is 0.120. The number of hydrogen-bond acceptors (Lipinski definition) is 5. The quantitative estimate of drug-likeness (QED) is 0.370. The van der Waals surface area contributed by atoms with Crippen LogP contribution in [0.2, 0.25) is 0 Å². The third-order valence-corrected chi connectivity index (χ3v) is 11.3. The first-order valence-electron chi connectivity index (χ1n) is 13.9. The Balaban J connectivity index is 1.41. The van der Waals surface area contributed by atoms with Crippen LogP contribution < -0.4 is 5.32 Å². The van der Waals surface area contributed by atoms with Crippen LogP contribution in [0.4, 0.5) is 0 Å². The Bertz CT molecular complexity index is 802. The van der Waals surface area contributed by atoms with Gasteiger partial charge in [0.15, 0.2) is 6.04 Å². The maximum atomic E-state index is 12.4. The summed E-state index contributed by atoms with van der Waals surface area (Å²) < 4.78 is 0. The summed E-state index contributed by atoms with van der Waals surface area (Å²) in [6.45, 7) is 8.44. The van der Waals surface area contributed by atoms with Crippen molar-refractivity contribution in [2.45, 2.75) is 116 Å². The lowest BCUT2D eigenvalue weighted by Crippen LogP contribution is -2.58. The third-order valence-electron chi connectivity index (χ3n) is 11.3. The summed E-state index contributed by atoms with van der Waals surface area (Å²) in [5.74, 6) is 1.28. The second kappa shape index (κ2) is 9.94. The van der Waals surface area contributed by atoms with E-state index in [4.69, 9.17) is 0 Å². The van der Waals surface area contributed by atoms with Gasteiger partial charge in [-0.25, -0.2) is 4.79 Å². The summed E-state index contributed by atoms with van der Waals surface area (Å²) in [7, 11) is 0. The minimum atomic E-state index is -1.27. The zero-order valence-electron chi connectivity index (χ0n) is 21.9. The number of carbonyl (C=O) groups is 2. The Kier molecular flexibility index (Phi) is 7.63. The maximum Gasteiger partial charge on any atom is 0.328 e. The molecule has 35 heavy (non-hydrogen) atoms.